The molecule has 23 heavy (non-hydrogen) atoms. The van der Waals surface area contributed by atoms with E-state index in [1.54, 1.807) is 0 Å². The van der Waals surface area contributed by atoms with E-state index in [0.29, 0.717) is 10.5 Å². The van der Waals surface area contributed by atoms with Crippen LogP contribution in [0.4, 0.5) is 10.1 Å². The second-order valence-corrected chi connectivity index (χ2v) is 7.32. The summed E-state index contributed by atoms with van der Waals surface area (Å²) < 4.78 is 42.9. The molecule has 0 saturated carbocycles. The van der Waals surface area contributed by atoms with Crippen LogP contribution in [0.15, 0.2) is 39.7 Å². The lowest BCUT2D eigenvalue weighted by atomic mass is 10.3. The fourth-order valence-corrected chi connectivity index (χ4v) is 4.46. The Morgan fingerprint density at radius 2 is 1.74 bits per heavy atom. The molecule has 122 valence electrons. The Morgan fingerprint density at radius 3 is 2.26 bits per heavy atom. The molecule has 0 aliphatic heterocycles. The van der Waals surface area contributed by atoms with Crippen LogP contribution in [0.5, 0.6) is 5.75 Å². The van der Waals surface area contributed by atoms with Crippen LogP contribution in [-0.4, -0.2) is 13.3 Å². The third-order valence-corrected chi connectivity index (χ3v) is 5.15. The lowest BCUT2D eigenvalue weighted by Gasteiger charge is -2.10. The van der Waals surface area contributed by atoms with Gasteiger partial charge in [0.05, 0.1) is 15.0 Å². The molecule has 0 N–H and O–H groups in total. The second-order valence-electron chi connectivity index (χ2n) is 4.11. The van der Waals surface area contributed by atoms with Crippen LogP contribution >= 0.6 is 39.1 Å². The summed E-state index contributed by atoms with van der Waals surface area (Å²) in [6.07, 6.45) is 0. The van der Waals surface area contributed by atoms with Gasteiger partial charge in [-0.15, -0.1) is 0 Å². The van der Waals surface area contributed by atoms with Crippen molar-refractivity contribution < 1.29 is 21.9 Å². The van der Waals surface area contributed by atoms with E-state index in [1.165, 1.54) is 12.1 Å². The molecule has 0 fully saturated rings. The zero-order valence-corrected chi connectivity index (χ0v) is 14.7. The highest BCUT2D eigenvalue weighted by Crippen LogP contribution is 2.36. The van der Waals surface area contributed by atoms with Crippen molar-refractivity contribution in [2.24, 2.45) is 0 Å². The summed E-state index contributed by atoms with van der Waals surface area (Å²) in [5.41, 5.74) is -0.723. The molecule has 0 aliphatic rings. The van der Waals surface area contributed by atoms with Gasteiger partial charge in [-0.3, -0.25) is 10.1 Å². The van der Waals surface area contributed by atoms with Gasteiger partial charge in [0.2, 0.25) is 5.75 Å². The first-order valence-corrected chi connectivity index (χ1v) is 8.60. The average molecular weight is 445 g/mol. The van der Waals surface area contributed by atoms with E-state index < -0.39 is 37.2 Å². The number of nitrogens with zero attached hydrogens (tertiary/aromatic N) is 1. The van der Waals surface area contributed by atoms with Gasteiger partial charge < -0.3 is 4.18 Å². The molecule has 2 aromatic carbocycles. The fourth-order valence-electron chi connectivity index (χ4n) is 1.63. The predicted octanol–water partition coefficient (Wildman–Crippen LogP) is 4.57. The number of hydrogen-bond acceptors (Lipinski definition) is 5. The largest absolute Gasteiger partial charge is 0.371 e. The molecule has 0 atom stereocenters. The summed E-state index contributed by atoms with van der Waals surface area (Å²) in [5, 5.41) is 10.4. The topological polar surface area (TPSA) is 86.5 Å². The van der Waals surface area contributed by atoms with Crippen molar-refractivity contribution in [1.82, 2.24) is 0 Å². The highest BCUT2D eigenvalue weighted by atomic mass is 79.9. The SMILES string of the molecule is O=[N+]([O-])c1ccc(F)cc1OS(=O)(=O)c1c(Cl)cc(Br)cc1Cl. The third-order valence-electron chi connectivity index (χ3n) is 2.53. The summed E-state index contributed by atoms with van der Waals surface area (Å²) in [5.74, 6) is -1.70. The van der Waals surface area contributed by atoms with Crippen molar-refractivity contribution >= 4 is 54.9 Å². The fraction of sp³-hybridized carbons (Fsp3) is 0. The van der Waals surface area contributed by atoms with Crippen LogP contribution < -0.4 is 4.18 Å². The predicted molar refractivity (Wildman–Crippen MR) is 85.0 cm³/mol. The summed E-state index contributed by atoms with van der Waals surface area (Å²) >= 11 is 14.8. The van der Waals surface area contributed by atoms with Gasteiger partial charge in [0, 0.05) is 16.6 Å². The van der Waals surface area contributed by atoms with Crippen molar-refractivity contribution in [3.8, 4) is 5.75 Å². The molecule has 0 heterocycles. The third kappa shape index (κ3) is 3.92. The van der Waals surface area contributed by atoms with Gasteiger partial charge in [-0.2, -0.15) is 8.42 Å². The number of hydrogen-bond donors (Lipinski definition) is 0. The van der Waals surface area contributed by atoms with Crippen molar-refractivity contribution in [2.45, 2.75) is 4.90 Å². The van der Waals surface area contributed by atoms with Gasteiger partial charge in [-0.1, -0.05) is 39.1 Å². The number of rotatable bonds is 4. The lowest BCUT2D eigenvalue weighted by Crippen LogP contribution is -2.12. The minimum absolute atomic E-state index is 0.261. The molecule has 2 aromatic rings. The van der Waals surface area contributed by atoms with Crippen molar-refractivity contribution in [1.29, 1.82) is 0 Å². The van der Waals surface area contributed by atoms with E-state index in [4.69, 9.17) is 23.2 Å². The van der Waals surface area contributed by atoms with Crippen LogP contribution in [-0.2, 0) is 10.1 Å². The quantitative estimate of drug-likeness (QED) is 0.391. The van der Waals surface area contributed by atoms with Crippen molar-refractivity contribution in [3.63, 3.8) is 0 Å². The Kier molecular flexibility index (Phi) is 5.14. The smallest absolute Gasteiger partial charge is 0.342 e. The number of nitro groups is 1. The van der Waals surface area contributed by atoms with E-state index in [-0.39, 0.29) is 10.0 Å². The summed E-state index contributed by atoms with van der Waals surface area (Å²) in [6.45, 7) is 0. The molecule has 0 unspecified atom stereocenters. The standard InChI is InChI=1S/C12H5BrCl2FNO5S/c13-6-3-8(14)12(9(15)4-6)23(20,21)22-11-5-7(16)1-2-10(11)17(18)19/h1-5H. The molecule has 0 amide bonds. The van der Waals surface area contributed by atoms with E-state index >= 15 is 0 Å². The monoisotopic (exact) mass is 443 g/mol. The minimum Gasteiger partial charge on any atom is -0.371 e. The Hall–Kier alpha value is -1.42. The molecule has 0 radical (unpaired) electrons. The molecule has 0 aliphatic carbocycles. The molecule has 11 heteroatoms. The van der Waals surface area contributed by atoms with E-state index in [0.717, 1.165) is 12.1 Å². The zero-order chi connectivity index (χ0) is 17.4. The highest BCUT2D eigenvalue weighted by molar-refractivity contribution is 9.10. The second kappa shape index (κ2) is 6.60. The molecule has 0 saturated heterocycles. The molecule has 0 aromatic heterocycles. The van der Waals surface area contributed by atoms with Crippen LogP contribution in [0.1, 0.15) is 0 Å². The minimum atomic E-state index is -4.62. The Bertz CT molecular complexity index is 883. The Labute approximate surface area is 148 Å². The summed E-state index contributed by atoms with van der Waals surface area (Å²) in [4.78, 5) is 9.40. The highest BCUT2D eigenvalue weighted by Gasteiger charge is 2.28. The van der Waals surface area contributed by atoms with Crippen molar-refractivity contribution in [3.05, 3.63) is 60.8 Å². The van der Waals surface area contributed by atoms with Gasteiger partial charge in [-0.25, -0.2) is 4.39 Å². The molecule has 2 rings (SSSR count). The Morgan fingerprint density at radius 1 is 1.17 bits per heavy atom. The maximum Gasteiger partial charge on any atom is 0.342 e. The van der Waals surface area contributed by atoms with Gasteiger partial charge in [-0.05, 0) is 18.2 Å². The van der Waals surface area contributed by atoms with Gasteiger partial charge in [0.25, 0.3) is 0 Å². The van der Waals surface area contributed by atoms with E-state index in [2.05, 4.69) is 20.1 Å². The van der Waals surface area contributed by atoms with Crippen molar-refractivity contribution in [2.75, 3.05) is 0 Å². The molecular weight excluding hydrogens is 440 g/mol. The van der Waals surface area contributed by atoms with E-state index in [9.17, 15) is 22.9 Å². The molecule has 0 spiro atoms. The maximum absolute atomic E-state index is 13.2. The van der Waals surface area contributed by atoms with Crippen LogP contribution in [0.25, 0.3) is 0 Å². The zero-order valence-electron chi connectivity index (χ0n) is 10.8. The first kappa shape index (κ1) is 17.9. The normalized spacial score (nSPS) is 11.3. The molecule has 6 nitrogen and oxygen atoms in total. The summed E-state index contributed by atoms with van der Waals surface area (Å²) in [7, 11) is -4.62. The summed E-state index contributed by atoms with van der Waals surface area (Å²) in [6, 6.07) is 4.67. The van der Waals surface area contributed by atoms with E-state index in [1.807, 2.05) is 0 Å². The molecule has 0 bridgehead atoms. The van der Waals surface area contributed by atoms with Crippen LogP contribution in [0, 0.1) is 15.9 Å². The first-order chi connectivity index (χ1) is 10.6. The van der Waals surface area contributed by atoms with Crippen LogP contribution in [0.3, 0.4) is 0 Å². The van der Waals surface area contributed by atoms with Gasteiger partial charge in [0.15, 0.2) is 0 Å². The lowest BCUT2D eigenvalue weighted by molar-refractivity contribution is -0.385. The van der Waals surface area contributed by atoms with Crippen LogP contribution in [0.2, 0.25) is 10.0 Å². The van der Waals surface area contributed by atoms with Gasteiger partial charge >= 0.3 is 15.8 Å². The van der Waals surface area contributed by atoms with Gasteiger partial charge in [0.1, 0.15) is 10.7 Å². The first-order valence-electron chi connectivity index (χ1n) is 5.65. The molecular formula is C12H5BrCl2FNO5S. The number of nitro benzene ring substituents is 1. The average Bonchev–Trinajstić information content (AvgIpc) is 2.35. The number of halogens is 4. The Balaban J connectivity index is 2.56. The number of benzene rings is 2. The maximum atomic E-state index is 13.2.